The molecule has 0 fully saturated rings. The van der Waals surface area contributed by atoms with Gasteiger partial charge in [-0.1, -0.05) is 13.8 Å². The highest BCUT2D eigenvalue weighted by molar-refractivity contribution is 7.13. The highest BCUT2D eigenvalue weighted by Crippen LogP contribution is 2.20. The molecule has 2 aromatic rings. The number of rotatable bonds is 6. The fraction of sp³-hybridized carbons (Fsp3) is 0.545. The second-order valence-corrected chi connectivity index (χ2v) is 5.07. The molecule has 17 heavy (non-hydrogen) atoms. The molecule has 0 saturated heterocycles. The predicted octanol–water partition coefficient (Wildman–Crippen LogP) is 1.86. The van der Waals surface area contributed by atoms with Crippen molar-refractivity contribution in [3.63, 3.8) is 0 Å². The molecule has 0 saturated carbocycles. The van der Waals surface area contributed by atoms with E-state index in [4.69, 9.17) is 0 Å². The Kier molecular flexibility index (Phi) is 4.22. The molecule has 0 aromatic carbocycles. The summed E-state index contributed by atoms with van der Waals surface area (Å²) in [6, 6.07) is 0.552. The summed E-state index contributed by atoms with van der Waals surface area (Å²) in [6.45, 7) is 5.35. The molecular formula is C11H17N5S. The lowest BCUT2D eigenvalue weighted by Gasteiger charge is -2.06. The van der Waals surface area contributed by atoms with Crippen molar-refractivity contribution in [2.75, 3.05) is 6.54 Å². The standard InChI is InChI=1S/C11H17N5S/c1-8(2)12-5-3-4-9-7-17-11(14-9)10-6-13-16-15-10/h6-8,12H,3-5H2,1-2H3,(H,13,15,16). The first-order chi connectivity index (χ1) is 8.25. The van der Waals surface area contributed by atoms with E-state index in [-0.39, 0.29) is 0 Å². The molecule has 0 bridgehead atoms. The Balaban J connectivity index is 1.83. The minimum absolute atomic E-state index is 0.552. The number of aromatic nitrogens is 4. The van der Waals surface area contributed by atoms with E-state index < -0.39 is 0 Å². The van der Waals surface area contributed by atoms with Gasteiger partial charge in [0, 0.05) is 11.4 Å². The van der Waals surface area contributed by atoms with Gasteiger partial charge in [-0.2, -0.15) is 15.4 Å². The Labute approximate surface area is 105 Å². The zero-order valence-electron chi connectivity index (χ0n) is 10.1. The van der Waals surface area contributed by atoms with E-state index in [2.05, 4.69) is 44.9 Å². The first-order valence-electron chi connectivity index (χ1n) is 5.79. The quantitative estimate of drug-likeness (QED) is 0.769. The Hall–Kier alpha value is -1.27. The molecule has 0 atom stereocenters. The lowest BCUT2D eigenvalue weighted by Crippen LogP contribution is -2.23. The number of thiazole rings is 1. The highest BCUT2D eigenvalue weighted by atomic mass is 32.1. The molecule has 5 nitrogen and oxygen atoms in total. The third-order valence-electron chi connectivity index (χ3n) is 2.35. The fourth-order valence-corrected chi connectivity index (χ4v) is 2.31. The molecule has 2 aromatic heterocycles. The second kappa shape index (κ2) is 5.88. The van der Waals surface area contributed by atoms with Gasteiger partial charge >= 0.3 is 0 Å². The zero-order chi connectivity index (χ0) is 12.1. The molecule has 2 heterocycles. The monoisotopic (exact) mass is 251 g/mol. The number of nitrogens with one attached hydrogen (secondary N) is 2. The van der Waals surface area contributed by atoms with Gasteiger partial charge in [0.25, 0.3) is 0 Å². The van der Waals surface area contributed by atoms with E-state index in [1.54, 1.807) is 17.5 Å². The van der Waals surface area contributed by atoms with Crippen LogP contribution in [-0.2, 0) is 6.42 Å². The Bertz CT molecular complexity index is 434. The molecular weight excluding hydrogens is 234 g/mol. The van der Waals surface area contributed by atoms with Crippen LogP contribution in [0.15, 0.2) is 11.6 Å². The molecule has 2 rings (SSSR count). The third-order valence-corrected chi connectivity index (χ3v) is 3.26. The van der Waals surface area contributed by atoms with Crippen molar-refractivity contribution in [1.29, 1.82) is 0 Å². The third kappa shape index (κ3) is 3.61. The number of aromatic amines is 1. The largest absolute Gasteiger partial charge is 0.315 e. The number of H-pyrrole nitrogens is 1. The van der Waals surface area contributed by atoms with Crippen LogP contribution in [0.5, 0.6) is 0 Å². The Morgan fingerprint density at radius 1 is 1.47 bits per heavy atom. The van der Waals surface area contributed by atoms with Crippen LogP contribution in [0.1, 0.15) is 26.0 Å². The van der Waals surface area contributed by atoms with Crippen molar-refractivity contribution in [2.45, 2.75) is 32.7 Å². The van der Waals surface area contributed by atoms with Crippen molar-refractivity contribution in [3.8, 4) is 10.7 Å². The lowest BCUT2D eigenvalue weighted by molar-refractivity contribution is 0.569. The van der Waals surface area contributed by atoms with Crippen LogP contribution in [0.4, 0.5) is 0 Å². The molecule has 0 amide bonds. The molecule has 0 aliphatic rings. The maximum absolute atomic E-state index is 4.54. The normalized spacial score (nSPS) is 11.2. The van der Waals surface area contributed by atoms with E-state index in [1.807, 2.05) is 0 Å². The van der Waals surface area contributed by atoms with Crippen molar-refractivity contribution >= 4 is 11.3 Å². The molecule has 92 valence electrons. The molecule has 6 heteroatoms. The summed E-state index contributed by atoms with van der Waals surface area (Å²) < 4.78 is 0. The van der Waals surface area contributed by atoms with Gasteiger partial charge in [0.2, 0.25) is 0 Å². The molecule has 0 aliphatic carbocycles. The van der Waals surface area contributed by atoms with Crippen LogP contribution in [0.2, 0.25) is 0 Å². The average molecular weight is 251 g/mol. The van der Waals surface area contributed by atoms with Crippen molar-refractivity contribution in [2.24, 2.45) is 0 Å². The van der Waals surface area contributed by atoms with Gasteiger partial charge in [0.15, 0.2) is 0 Å². The van der Waals surface area contributed by atoms with Gasteiger partial charge in [-0.25, -0.2) is 4.98 Å². The summed E-state index contributed by atoms with van der Waals surface area (Å²) in [4.78, 5) is 4.54. The van der Waals surface area contributed by atoms with E-state index in [0.717, 1.165) is 35.8 Å². The number of hydrogen-bond donors (Lipinski definition) is 2. The van der Waals surface area contributed by atoms with Gasteiger partial charge in [0.1, 0.15) is 10.7 Å². The topological polar surface area (TPSA) is 66.5 Å². The van der Waals surface area contributed by atoms with Crippen LogP contribution in [0.25, 0.3) is 10.7 Å². The van der Waals surface area contributed by atoms with E-state index in [1.165, 1.54) is 0 Å². The first kappa shape index (κ1) is 12.2. The Morgan fingerprint density at radius 2 is 2.35 bits per heavy atom. The van der Waals surface area contributed by atoms with Gasteiger partial charge in [-0.05, 0) is 19.4 Å². The number of aryl methyl sites for hydroxylation is 1. The molecule has 2 N–H and O–H groups in total. The number of hydrogen-bond acceptors (Lipinski definition) is 5. The summed E-state index contributed by atoms with van der Waals surface area (Å²) >= 11 is 1.62. The maximum Gasteiger partial charge on any atom is 0.145 e. The fourth-order valence-electron chi connectivity index (χ4n) is 1.50. The van der Waals surface area contributed by atoms with Crippen LogP contribution in [0, 0.1) is 0 Å². The van der Waals surface area contributed by atoms with Gasteiger partial charge < -0.3 is 5.32 Å². The van der Waals surface area contributed by atoms with Crippen molar-refractivity contribution < 1.29 is 0 Å². The van der Waals surface area contributed by atoms with Crippen LogP contribution >= 0.6 is 11.3 Å². The second-order valence-electron chi connectivity index (χ2n) is 4.21. The van der Waals surface area contributed by atoms with Crippen LogP contribution in [0.3, 0.4) is 0 Å². The van der Waals surface area contributed by atoms with E-state index in [9.17, 15) is 0 Å². The molecule has 0 unspecified atom stereocenters. The number of nitrogens with zero attached hydrogens (tertiary/aromatic N) is 3. The molecule has 0 radical (unpaired) electrons. The summed E-state index contributed by atoms with van der Waals surface area (Å²) in [5.74, 6) is 0. The predicted molar refractivity (Wildman–Crippen MR) is 69.0 cm³/mol. The van der Waals surface area contributed by atoms with Crippen LogP contribution < -0.4 is 5.32 Å². The van der Waals surface area contributed by atoms with Crippen molar-refractivity contribution in [1.82, 2.24) is 25.7 Å². The van der Waals surface area contributed by atoms with E-state index in [0.29, 0.717) is 6.04 Å². The molecule has 0 aliphatic heterocycles. The van der Waals surface area contributed by atoms with E-state index >= 15 is 0 Å². The van der Waals surface area contributed by atoms with Gasteiger partial charge in [-0.3, -0.25) is 0 Å². The van der Waals surface area contributed by atoms with Gasteiger partial charge in [-0.15, -0.1) is 11.3 Å². The molecule has 0 spiro atoms. The van der Waals surface area contributed by atoms with Gasteiger partial charge in [0.05, 0.1) is 11.9 Å². The zero-order valence-corrected chi connectivity index (χ0v) is 10.9. The minimum Gasteiger partial charge on any atom is -0.315 e. The summed E-state index contributed by atoms with van der Waals surface area (Å²) in [5.41, 5.74) is 1.96. The lowest BCUT2D eigenvalue weighted by atomic mass is 10.2. The SMILES string of the molecule is CC(C)NCCCc1csc(-c2cn[nH]n2)n1. The van der Waals surface area contributed by atoms with Crippen LogP contribution in [-0.4, -0.2) is 33.0 Å². The smallest absolute Gasteiger partial charge is 0.145 e. The minimum atomic E-state index is 0.552. The summed E-state index contributed by atoms with van der Waals surface area (Å²) in [5, 5.41) is 16.8. The van der Waals surface area contributed by atoms with Crippen molar-refractivity contribution in [3.05, 3.63) is 17.3 Å². The average Bonchev–Trinajstić information content (AvgIpc) is 2.94. The highest BCUT2D eigenvalue weighted by Gasteiger charge is 2.06. The Morgan fingerprint density at radius 3 is 3.06 bits per heavy atom. The summed E-state index contributed by atoms with van der Waals surface area (Å²) in [6.07, 6.45) is 3.82. The first-order valence-corrected chi connectivity index (χ1v) is 6.67. The summed E-state index contributed by atoms with van der Waals surface area (Å²) in [7, 11) is 0. The maximum atomic E-state index is 4.54.